The van der Waals surface area contributed by atoms with Gasteiger partial charge < -0.3 is 10.6 Å². The Morgan fingerprint density at radius 2 is 1.56 bits per heavy atom. The summed E-state index contributed by atoms with van der Waals surface area (Å²) in [4.78, 5) is 24.9. The Morgan fingerprint density at radius 3 is 2.16 bits per heavy atom. The van der Waals surface area contributed by atoms with Crippen molar-refractivity contribution in [1.29, 1.82) is 0 Å². The van der Waals surface area contributed by atoms with E-state index in [0.717, 1.165) is 17.7 Å². The lowest BCUT2D eigenvalue weighted by atomic mass is 9.90. The topological polar surface area (TPSA) is 58.2 Å². The zero-order chi connectivity index (χ0) is 18.8. The molecule has 0 spiro atoms. The second-order valence-electron chi connectivity index (χ2n) is 6.12. The van der Waals surface area contributed by atoms with Crippen molar-refractivity contribution >= 4 is 34.8 Å². The van der Waals surface area contributed by atoms with E-state index in [1.165, 1.54) is 13.8 Å². The van der Waals surface area contributed by atoms with Gasteiger partial charge in [-0.05, 0) is 50.6 Å². The van der Waals surface area contributed by atoms with Crippen LogP contribution in [0, 0.1) is 24.0 Å². The number of anilines is 2. The molecule has 0 fully saturated rings. The molecule has 25 heavy (non-hydrogen) atoms. The standard InChI is InChI=1S/C18H17ClF2N2O2/c1-10-4-5-11(19)8-15(10)23-17(25)18(2,3)16(24)22-14-7-6-12(20)9-13(14)21/h4-9H,1-3H3,(H,22,24)(H,23,25). The van der Waals surface area contributed by atoms with Crippen molar-refractivity contribution in [3.05, 3.63) is 58.6 Å². The molecular formula is C18H17ClF2N2O2. The number of amides is 2. The van der Waals surface area contributed by atoms with E-state index in [1.807, 2.05) is 0 Å². The summed E-state index contributed by atoms with van der Waals surface area (Å²) in [6.07, 6.45) is 0. The Morgan fingerprint density at radius 1 is 0.960 bits per heavy atom. The molecule has 0 aliphatic heterocycles. The number of rotatable bonds is 4. The van der Waals surface area contributed by atoms with Gasteiger partial charge in [0.15, 0.2) is 0 Å². The molecule has 0 aromatic heterocycles. The molecule has 2 amide bonds. The van der Waals surface area contributed by atoms with Crippen molar-refractivity contribution in [2.24, 2.45) is 5.41 Å². The van der Waals surface area contributed by atoms with Gasteiger partial charge in [0.05, 0.1) is 5.69 Å². The van der Waals surface area contributed by atoms with Crippen molar-refractivity contribution in [2.45, 2.75) is 20.8 Å². The van der Waals surface area contributed by atoms with Gasteiger partial charge in [-0.15, -0.1) is 0 Å². The second kappa shape index (κ2) is 7.19. The minimum Gasteiger partial charge on any atom is -0.325 e. The highest BCUT2D eigenvalue weighted by molar-refractivity contribution is 6.31. The van der Waals surface area contributed by atoms with Crippen LogP contribution in [0.25, 0.3) is 0 Å². The first-order valence-electron chi connectivity index (χ1n) is 7.45. The van der Waals surface area contributed by atoms with Crippen molar-refractivity contribution in [1.82, 2.24) is 0 Å². The molecule has 0 aliphatic carbocycles. The molecular weight excluding hydrogens is 350 g/mol. The van der Waals surface area contributed by atoms with Crippen LogP contribution < -0.4 is 10.6 Å². The molecule has 2 aromatic carbocycles. The molecule has 2 N–H and O–H groups in total. The van der Waals surface area contributed by atoms with Crippen LogP contribution in [0.4, 0.5) is 20.2 Å². The summed E-state index contributed by atoms with van der Waals surface area (Å²) in [5.41, 5.74) is -0.452. The summed E-state index contributed by atoms with van der Waals surface area (Å²) in [5.74, 6) is -2.99. The summed E-state index contributed by atoms with van der Waals surface area (Å²) < 4.78 is 26.6. The molecule has 0 saturated carbocycles. The van der Waals surface area contributed by atoms with Crippen molar-refractivity contribution in [3.63, 3.8) is 0 Å². The monoisotopic (exact) mass is 366 g/mol. The third-order valence-corrected chi connectivity index (χ3v) is 4.00. The molecule has 0 unspecified atom stereocenters. The molecule has 0 saturated heterocycles. The highest BCUT2D eigenvalue weighted by Gasteiger charge is 2.36. The van der Waals surface area contributed by atoms with Crippen LogP contribution in [0.1, 0.15) is 19.4 Å². The lowest BCUT2D eigenvalue weighted by Gasteiger charge is -2.23. The van der Waals surface area contributed by atoms with Crippen LogP contribution in [-0.2, 0) is 9.59 Å². The molecule has 4 nitrogen and oxygen atoms in total. The highest BCUT2D eigenvalue weighted by Crippen LogP contribution is 2.26. The number of benzene rings is 2. The summed E-state index contributed by atoms with van der Waals surface area (Å²) in [7, 11) is 0. The van der Waals surface area contributed by atoms with E-state index < -0.39 is 28.9 Å². The first-order chi connectivity index (χ1) is 11.6. The lowest BCUT2D eigenvalue weighted by molar-refractivity contribution is -0.135. The fourth-order valence-corrected chi connectivity index (χ4v) is 2.15. The van der Waals surface area contributed by atoms with E-state index in [4.69, 9.17) is 11.6 Å². The predicted octanol–water partition coefficient (Wildman–Crippen LogP) is 4.53. The third kappa shape index (κ3) is 4.33. The quantitative estimate of drug-likeness (QED) is 0.781. The van der Waals surface area contributed by atoms with Crippen molar-refractivity contribution in [3.8, 4) is 0 Å². The Labute approximate surface area is 149 Å². The molecule has 0 aliphatic rings. The SMILES string of the molecule is Cc1ccc(Cl)cc1NC(=O)C(C)(C)C(=O)Nc1ccc(F)cc1F. The summed E-state index contributed by atoms with van der Waals surface area (Å²) in [5, 5.41) is 5.39. The summed E-state index contributed by atoms with van der Waals surface area (Å²) >= 11 is 5.91. The van der Waals surface area contributed by atoms with E-state index in [9.17, 15) is 18.4 Å². The van der Waals surface area contributed by atoms with Gasteiger partial charge in [0.2, 0.25) is 11.8 Å². The van der Waals surface area contributed by atoms with Gasteiger partial charge in [0.25, 0.3) is 0 Å². The molecule has 0 heterocycles. The predicted molar refractivity (Wildman–Crippen MR) is 93.6 cm³/mol. The zero-order valence-corrected chi connectivity index (χ0v) is 14.7. The maximum Gasteiger partial charge on any atom is 0.239 e. The Bertz CT molecular complexity index is 838. The van der Waals surface area contributed by atoms with Gasteiger partial charge in [-0.25, -0.2) is 8.78 Å². The van der Waals surface area contributed by atoms with Crippen LogP contribution in [0.5, 0.6) is 0 Å². The van der Waals surface area contributed by atoms with Gasteiger partial charge in [0.1, 0.15) is 17.0 Å². The van der Waals surface area contributed by atoms with Gasteiger partial charge in [-0.3, -0.25) is 9.59 Å². The molecule has 132 valence electrons. The van der Waals surface area contributed by atoms with E-state index in [-0.39, 0.29) is 5.69 Å². The summed E-state index contributed by atoms with van der Waals surface area (Å²) in [6, 6.07) is 7.75. The van der Waals surface area contributed by atoms with Gasteiger partial charge in [0, 0.05) is 16.8 Å². The first-order valence-corrected chi connectivity index (χ1v) is 7.83. The fraction of sp³-hybridized carbons (Fsp3) is 0.222. The summed E-state index contributed by atoms with van der Waals surface area (Å²) in [6.45, 7) is 4.59. The van der Waals surface area contributed by atoms with Crippen LogP contribution in [0.3, 0.4) is 0 Å². The minimum atomic E-state index is -1.50. The fourth-order valence-electron chi connectivity index (χ4n) is 1.98. The number of halogens is 3. The zero-order valence-electron chi connectivity index (χ0n) is 13.9. The Hall–Kier alpha value is -2.47. The molecule has 0 atom stereocenters. The maximum absolute atomic E-state index is 13.7. The smallest absolute Gasteiger partial charge is 0.239 e. The Balaban J connectivity index is 2.17. The number of nitrogens with one attached hydrogen (secondary N) is 2. The van der Waals surface area contributed by atoms with E-state index in [2.05, 4.69) is 10.6 Å². The average molecular weight is 367 g/mol. The molecule has 2 rings (SSSR count). The number of carbonyl (C=O) groups is 2. The number of carbonyl (C=O) groups excluding carboxylic acids is 2. The van der Waals surface area contributed by atoms with Crippen LogP contribution in [0.15, 0.2) is 36.4 Å². The van der Waals surface area contributed by atoms with E-state index in [0.29, 0.717) is 16.8 Å². The van der Waals surface area contributed by atoms with E-state index in [1.54, 1.807) is 25.1 Å². The van der Waals surface area contributed by atoms with Crippen molar-refractivity contribution < 1.29 is 18.4 Å². The molecule has 7 heteroatoms. The van der Waals surface area contributed by atoms with Gasteiger partial charge >= 0.3 is 0 Å². The van der Waals surface area contributed by atoms with E-state index >= 15 is 0 Å². The normalized spacial score (nSPS) is 11.1. The largest absolute Gasteiger partial charge is 0.325 e. The number of hydrogen-bond donors (Lipinski definition) is 2. The molecule has 0 radical (unpaired) electrons. The van der Waals surface area contributed by atoms with Crippen LogP contribution >= 0.6 is 11.6 Å². The minimum absolute atomic E-state index is 0.203. The third-order valence-electron chi connectivity index (χ3n) is 3.76. The Kier molecular flexibility index (Phi) is 5.42. The van der Waals surface area contributed by atoms with Gasteiger partial charge in [-0.2, -0.15) is 0 Å². The second-order valence-corrected chi connectivity index (χ2v) is 6.55. The van der Waals surface area contributed by atoms with Crippen LogP contribution in [-0.4, -0.2) is 11.8 Å². The van der Waals surface area contributed by atoms with Crippen molar-refractivity contribution in [2.75, 3.05) is 10.6 Å². The van der Waals surface area contributed by atoms with Gasteiger partial charge in [-0.1, -0.05) is 17.7 Å². The maximum atomic E-state index is 13.7. The molecule has 2 aromatic rings. The van der Waals surface area contributed by atoms with Crippen LogP contribution in [0.2, 0.25) is 5.02 Å². The molecule has 0 bridgehead atoms. The highest BCUT2D eigenvalue weighted by atomic mass is 35.5. The number of aryl methyl sites for hydroxylation is 1. The lowest BCUT2D eigenvalue weighted by Crippen LogP contribution is -2.41. The average Bonchev–Trinajstić information content (AvgIpc) is 2.53. The number of hydrogen-bond acceptors (Lipinski definition) is 2. The first kappa shape index (κ1) is 18.9.